The number of para-hydroxylation sites is 3. The molecule has 0 bridgehead atoms. The first-order chi connectivity index (χ1) is 30.5. The van der Waals surface area contributed by atoms with Crippen molar-refractivity contribution in [2.75, 3.05) is 0 Å². The number of rotatable bonds is 6. The molecule has 0 aliphatic rings. The Labute approximate surface area is 398 Å². The van der Waals surface area contributed by atoms with Gasteiger partial charge in [-0.1, -0.05) is 171 Å². The minimum Gasteiger partial charge on any atom is -0.501 e. The monoisotopic (exact) mass is 1040 g/mol. The zero-order valence-electron chi connectivity index (χ0n) is 41.4. The summed E-state index contributed by atoms with van der Waals surface area (Å²) in [7, 11) is -1.74. The summed E-state index contributed by atoms with van der Waals surface area (Å²) in [4.78, 5) is 9.89. The zero-order chi connectivity index (χ0) is 46.7. The molecular weight excluding hydrogens is 975 g/mol. The van der Waals surface area contributed by atoms with Crippen LogP contribution in [0, 0.1) is 17.5 Å². The van der Waals surface area contributed by atoms with E-state index in [4.69, 9.17) is 17.1 Å². The van der Waals surface area contributed by atoms with E-state index in [-0.39, 0.29) is 30.9 Å². The van der Waals surface area contributed by atoms with Crippen molar-refractivity contribution in [2.45, 2.75) is 99.2 Å². The van der Waals surface area contributed by atoms with Gasteiger partial charge in [0, 0.05) is 45.7 Å². The number of benzene rings is 6. The molecule has 64 heavy (non-hydrogen) atoms. The molecule has 0 saturated heterocycles. The molecule has 9 aromatic rings. The molecule has 1 radical (unpaired) electrons. The largest absolute Gasteiger partial charge is 0.501 e. The Bertz CT molecular complexity index is 3180. The molecule has 0 N–H and O–H groups in total. The molecule has 329 valence electrons. The van der Waals surface area contributed by atoms with Crippen molar-refractivity contribution in [3.05, 3.63) is 168 Å². The van der Waals surface area contributed by atoms with Crippen molar-refractivity contribution in [2.24, 2.45) is 5.41 Å². The van der Waals surface area contributed by atoms with Crippen LogP contribution < -0.4 is 5.19 Å². The van der Waals surface area contributed by atoms with Gasteiger partial charge in [-0.2, -0.15) is 0 Å². The maximum Gasteiger partial charge on any atom is 0.120 e. The normalized spacial score (nSPS) is 13.0. The Morgan fingerprint density at radius 2 is 1.34 bits per heavy atom. The summed E-state index contributed by atoms with van der Waals surface area (Å²) in [6.07, 6.45) is 0.472. The summed E-state index contributed by atoms with van der Waals surface area (Å²) in [5.41, 5.74) is 12.5. The number of fused-ring (bicyclic) bond motifs is 4. The third-order valence-corrected chi connectivity index (χ3v) is 13.5. The topological polar surface area (TPSA) is 43.9 Å². The Morgan fingerprint density at radius 3 is 2.05 bits per heavy atom. The van der Waals surface area contributed by atoms with Gasteiger partial charge in [0.15, 0.2) is 0 Å². The Kier molecular flexibility index (Phi) is 12.2. The molecule has 6 heteroatoms. The fourth-order valence-electron chi connectivity index (χ4n) is 8.13. The zero-order valence-corrected chi connectivity index (χ0v) is 42.8. The molecule has 0 fully saturated rings. The van der Waals surface area contributed by atoms with E-state index >= 15 is 0 Å². The third-order valence-electron chi connectivity index (χ3n) is 11.5. The summed E-state index contributed by atoms with van der Waals surface area (Å²) < 4.78 is 26.5. The van der Waals surface area contributed by atoms with Crippen LogP contribution in [0.2, 0.25) is 19.6 Å². The van der Waals surface area contributed by atoms with Gasteiger partial charge in [0.2, 0.25) is 0 Å². The first kappa shape index (κ1) is 43.8. The molecule has 0 unspecified atom stereocenters. The number of nitrogens with zero attached hydrogens (tertiary/aromatic N) is 3. The molecule has 3 aromatic heterocycles. The number of pyridine rings is 1. The first-order valence-corrected chi connectivity index (χ1v) is 25.6. The van der Waals surface area contributed by atoms with Crippen LogP contribution in [0.3, 0.4) is 0 Å². The standard InChI is InChI=1S/C35H27N2O.C23H34NSi.Ir/c1-35(2,3)24-20-21-30(28(22-24)23-12-5-4-6-13-23)37-31-18-9-8-17-29(31)36-34(37)27-16-11-15-26-25-14-7-10-19-32(25)38-33(26)27;1-22(2,3)15-18-14-20(24-16-21(18)25(7,8)9)17-11-10-12-19(13-17)23(4,5)6;/h4-15,17-22H,1-3H3;10,12-14,16H,15H2,1-9H3;/q2*-1;/i;15D2;. The van der Waals surface area contributed by atoms with Crippen molar-refractivity contribution in [1.29, 1.82) is 0 Å². The van der Waals surface area contributed by atoms with Crippen LogP contribution in [0.25, 0.3) is 72.4 Å². The van der Waals surface area contributed by atoms with E-state index in [1.54, 1.807) is 0 Å². The van der Waals surface area contributed by atoms with E-state index in [0.29, 0.717) is 0 Å². The number of hydrogen-bond donors (Lipinski definition) is 0. The van der Waals surface area contributed by atoms with Gasteiger partial charge in [0.1, 0.15) is 5.58 Å². The van der Waals surface area contributed by atoms with Crippen LogP contribution in [0.15, 0.2) is 144 Å². The maximum absolute atomic E-state index is 8.89. The number of furan rings is 1. The molecule has 0 aliphatic heterocycles. The molecule has 0 aliphatic carbocycles. The van der Waals surface area contributed by atoms with Gasteiger partial charge < -0.3 is 14.0 Å². The first-order valence-electron chi connectivity index (χ1n) is 23.1. The SMILES string of the molecule is CC(C)(C)c1ccc(-n2c(-c3[c-]ccc4c3oc3ccccc34)nc3ccccc32)c(-c2ccccc2)c1.[2H]C([2H])(c1cc(-c2[c-]ccc(C(C)(C)C)c2)ncc1[Si](C)(C)C)C(C)(C)C.[Ir]. The van der Waals surface area contributed by atoms with Crippen molar-refractivity contribution in [3.8, 4) is 39.5 Å². The molecular formula is C58H61IrN3OSi-2. The molecule has 0 spiro atoms. The summed E-state index contributed by atoms with van der Waals surface area (Å²) >= 11 is 0. The van der Waals surface area contributed by atoms with Crippen LogP contribution >= 0.6 is 0 Å². The quantitative estimate of drug-likeness (QED) is 0.123. The van der Waals surface area contributed by atoms with E-state index in [2.05, 4.69) is 169 Å². The van der Waals surface area contributed by atoms with Crippen molar-refractivity contribution < 1.29 is 27.3 Å². The van der Waals surface area contributed by atoms with Crippen LogP contribution in [0.4, 0.5) is 0 Å². The van der Waals surface area contributed by atoms with Crippen LogP contribution in [-0.2, 0) is 37.3 Å². The van der Waals surface area contributed by atoms with Crippen molar-refractivity contribution in [3.63, 3.8) is 0 Å². The Balaban J connectivity index is 0.000000206. The average molecular weight is 1040 g/mol. The second kappa shape index (κ2) is 17.9. The smallest absolute Gasteiger partial charge is 0.120 e. The predicted molar refractivity (Wildman–Crippen MR) is 270 cm³/mol. The summed E-state index contributed by atoms with van der Waals surface area (Å²) in [6.45, 7) is 26.0. The van der Waals surface area contributed by atoms with E-state index in [1.807, 2.05) is 69.4 Å². The average Bonchev–Trinajstić information content (AvgIpc) is 3.84. The van der Waals surface area contributed by atoms with Crippen LogP contribution in [0.1, 0.15) is 81.7 Å². The molecule has 0 amide bonds. The van der Waals surface area contributed by atoms with Gasteiger partial charge in [-0.05, 0) is 75.0 Å². The van der Waals surface area contributed by atoms with Gasteiger partial charge in [-0.3, -0.25) is 4.98 Å². The van der Waals surface area contributed by atoms with Gasteiger partial charge in [0.05, 0.1) is 30.5 Å². The maximum atomic E-state index is 8.89. The Hall–Kier alpha value is -5.39. The molecule has 9 rings (SSSR count). The number of imidazole rings is 1. The van der Waals surface area contributed by atoms with E-state index in [0.717, 1.165) is 72.1 Å². The molecule has 3 heterocycles. The summed E-state index contributed by atoms with van der Waals surface area (Å²) in [6, 6.07) is 52.9. The van der Waals surface area contributed by atoms with Crippen LogP contribution in [-0.4, -0.2) is 22.6 Å². The number of aromatic nitrogens is 3. The fourth-order valence-corrected chi connectivity index (χ4v) is 9.52. The molecule has 4 nitrogen and oxygen atoms in total. The summed E-state index contributed by atoms with van der Waals surface area (Å²) in [5.74, 6) is 0.816. The Morgan fingerprint density at radius 1 is 0.688 bits per heavy atom. The van der Waals surface area contributed by atoms with Gasteiger partial charge in [-0.15, -0.1) is 53.6 Å². The van der Waals surface area contributed by atoms with E-state index in [9.17, 15) is 0 Å². The minimum absolute atomic E-state index is 0. The fraction of sp³-hybridized carbons (Fsp3) is 0.276. The van der Waals surface area contributed by atoms with Crippen molar-refractivity contribution >= 4 is 46.2 Å². The van der Waals surface area contributed by atoms with Gasteiger partial charge >= 0.3 is 0 Å². The molecule has 0 saturated carbocycles. The van der Waals surface area contributed by atoms with E-state index in [1.165, 1.54) is 22.3 Å². The second-order valence-corrected chi connectivity index (χ2v) is 25.8. The molecule has 0 atom stereocenters. The number of hydrogen-bond acceptors (Lipinski definition) is 3. The molecule has 6 aromatic carbocycles. The minimum atomic E-state index is -1.74. The van der Waals surface area contributed by atoms with Gasteiger partial charge in [0.25, 0.3) is 0 Å². The van der Waals surface area contributed by atoms with Gasteiger partial charge in [-0.25, -0.2) is 0 Å². The van der Waals surface area contributed by atoms with Crippen LogP contribution in [0.5, 0.6) is 0 Å². The van der Waals surface area contributed by atoms with E-state index < -0.39 is 19.9 Å². The predicted octanol–water partition coefficient (Wildman–Crippen LogP) is 15.3. The van der Waals surface area contributed by atoms with Crippen molar-refractivity contribution in [1.82, 2.24) is 14.5 Å². The third kappa shape index (κ3) is 9.81. The summed E-state index contributed by atoms with van der Waals surface area (Å²) in [5, 5.41) is 3.26. The second-order valence-electron chi connectivity index (χ2n) is 20.8.